The highest BCUT2D eigenvalue weighted by molar-refractivity contribution is 7.89. The summed E-state index contributed by atoms with van der Waals surface area (Å²) in [5.41, 5.74) is 0.440. The highest BCUT2D eigenvalue weighted by atomic mass is 35.5. The van der Waals surface area contributed by atoms with Gasteiger partial charge in [0.15, 0.2) is 0 Å². The number of carbonyl (C=O) groups excluding carboxylic acids is 1. The Bertz CT molecular complexity index is 735. The van der Waals surface area contributed by atoms with E-state index in [1.54, 1.807) is 19.9 Å². The van der Waals surface area contributed by atoms with Crippen molar-refractivity contribution in [1.82, 2.24) is 9.21 Å². The Hall–Kier alpha value is -1.15. The van der Waals surface area contributed by atoms with Crippen LogP contribution >= 0.6 is 11.6 Å². The Morgan fingerprint density at radius 1 is 1.35 bits per heavy atom. The monoisotopic (exact) mass is 401 g/mol. The van der Waals surface area contributed by atoms with Gasteiger partial charge in [-0.3, -0.25) is 9.69 Å². The molecule has 1 atom stereocenters. The first kappa shape index (κ1) is 21.2. The lowest BCUT2D eigenvalue weighted by Gasteiger charge is -2.30. The van der Waals surface area contributed by atoms with Gasteiger partial charge in [-0.15, -0.1) is 0 Å². The molecular formula is C18H28ClN3O3S. The van der Waals surface area contributed by atoms with E-state index in [0.29, 0.717) is 31.2 Å². The number of anilines is 1. The second kappa shape index (κ2) is 9.17. The van der Waals surface area contributed by atoms with E-state index in [-0.39, 0.29) is 15.8 Å². The van der Waals surface area contributed by atoms with E-state index in [1.807, 2.05) is 0 Å². The average Bonchev–Trinajstić information content (AvgIpc) is 2.57. The Labute approximate surface area is 161 Å². The largest absolute Gasteiger partial charge is 0.325 e. The number of hydrogen-bond donors (Lipinski definition) is 1. The highest BCUT2D eigenvalue weighted by Gasteiger charge is 2.25. The number of benzene rings is 1. The zero-order chi connectivity index (χ0) is 19.3. The van der Waals surface area contributed by atoms with Crippen molar-refractivity contribution in [3.8, 4) is 0 Å². The van der Waals surface area contributed by atoms with E-state index in [9.17, 15) is 13.2 Å². The summed E-state index contributed by atoms with van der Waals surface area (Å²) in [6.07, 6.45) is 2.30. The van der Waals surface area contributed by atoms with Crippen LogP contribution in [-0.4, -0.2) is 56.3 Å². The number of amides is 1. The fourth-order valence-corrected chi connectivity index (χ4v) is 5.27. The van der Waals surface area contributed by atoms with Gasteiger partial charge in [0.25, 0.3) is 0 Å². The molecule has 26 heavy (non-hydrogen) atoms. The molecule has 0 bridgehead atoms. The molecular weight excluding hydrogens is 374 g/mol. The van der Waals surface area contributed by atoms with E-state index in [4.69, 9.17) is 11.6 Å². The van der Waals surface area contributed by atoms with Gasteiger partial charge in [0.1, 0.15) is 4.90 Å². The second-order valence-corrected chi connectivity index (χ2v) is 9.08. The summed E-state index contributed by atoms with van der Waals surface area (Å²) in [6, 6.07) is 4.57. The van der Waals surface area contributed by atoms with Crippen molar-refractivity contribution >= 4 is 33.2 Å². The molecule has 1 fully saturated rings. The first-order valence-electron chi connectivity index (χ1n) is 9.09. The molecule has 0 aromatic heterocycles. The third-order valence-electron chi connectivity index (χ3n) is 4.65. The predicted molar refractivity (Wildman–Crippen MR) is 105 cm³/mol. The Kier molecular flexibility index (Phi) is 7.46. The summed E-state index contributed by atoms with van der Waals surface area (Å²) in [5.74, 6) is 0.450. The van der Waals surface area contributed by atoms with Crippen LogP contribution in [0.4, 0.5) is 5.69 Å². The molecule has 0 radical (unpaired) electrons. The lowest BCUT2D eigenvalue weighted by molar-refractivity contribution is -0.117. The van der Waals surface area contributed by atoms with Gasteiger partial charge in [0, 0.05) is 25.3 Å². The maximum Gasteiger partial charge on any atom is 0.244 e. The van der Waals surface area contributed by atoms with Crippen LogP contribution in [0.2, 0.25) is 5.02 Å². The first-order chi connectivity index (χ1) is 12.3. The maximum absolute atomic E-state index is 12.7. The van der Waals surface area contributed by atoms with Gasteiger partial charge in [0.2, 0.25) is 15.9 Å². The molecule has 1 N–H and O–H groups in total. The third-order valence-corrected chi connectivity index (χ3v) is 7.18. The summed E-state index contributed by atoms with van der Waals surface area (Å²) >= 11 is 6.12. The molecule has 146 valence electrons. The summed E-state index contributed by atoms with van der Waals surface area (Å²) < 4.78 is 26.8. The van der Waals surface area contributed by atoms with E-state index in [2.05, 4.69) is 17.1 Å². The third kappa shape index (κ3) is 5.19. The van der Waals surface area contributed by atoms with Crippen molar-refractivity contribution < 1.29 is 13.2 Å². The van der Waals surface area contributed by atoms with Gasteiger partial charge >= 0.3 is 0 Å². The minimum Gasteiger partial charge on any atom is -0.325 e. The normalized spacial score (nSPS) is 18.9. The Morgan fingerprint density at radius 2 is 2.04 bits per heavy atom. The number of sulfonamides is 1. The molecule has 1 aromatic rings. The smallest absolute Gasteiger partial charge is 0.244 e. The lowest BCUT2D eigenvalue weighted by atomic mass is 10.0. The van der Waals surface area contributed by atoms with Gasteiger partial charge in [-0.1, -0.05) is 32.4 Å². The number of nitrogens with zero attached hydrogens (tertiary/aromatic N) is 2. The highest BCUT2D eigenvalue weighted by Crippen LogP contribution is 2.27. The van der Waals surface area contributed by atoms with Crippen molar-refractivity contribution in [2.45, 2.75) is 38.5 Å². The van der Waals surface area contributed by atoms with Crippen molar-refractivity contribution in [2.75, 3.05) is 38.0 Å². The molecule has 0 unspecified atom stereocenters. The van der Waals surface area contributed by atoms with Crippen molar-refractivity contribution in [1.29, 1.82) is 0 Å². The molecule has 1 amide bonds. The van der Waals surface area contributed by atoms with Crippen LogP contribution in [0.25, 0.3) is 0 Å². The van der Waals surface area contributed by atoms with Crippen molar-refractivity contribution in [3.05, 3.63) is 23.2 Å². The van der Waals surface area contributed by atoms with Crippen LogP contribution in [0.15, 0.2) is 23.1 Å². The fourth-order valence-electron chi connectivity index (χ4n) is 3.32. The van der Waals surface area contributed by atoms with Crippen molar-refractivity contribution in [3.63, 3.8) is 0 Å². The zero-order valence-corrected chi connectivity index (χ0v) is 17.2. The van der Waals surface area contributed by atoms with E-state index < -0.39 is 10.0 Å². The molecule has 2 rings (SSSR count). The van der Waals surface area contributed by atoms with E-state index >= 15 is 0 Å². The van der Waals surface area contributed by atoms with Gasteiger partial charge in [-0.25, -0.2) is 8.42 Å². The minimum absolute atomic E-state index is 0.0206. The lowest BCUT2D eigenvalue weighted by Crippen LogP contribution is -2.39. The topological polar surface area (TPSA) is 69.7 Å². The molecule has 1 heterocycles. The van der Waals surface area contributed by atoms with Crippen LogP contribution in [0.3, 0.4) is 0 Å². The fraction of sp³-hybridized carbons (Fsp3) is 0.611. The van der Waals surface area contributed by atoms with Gasteiger partial charge in [-0.05, 0) is 43.5 Å². The number of halogens is 1. The summed E-state index contributed by atoms with van der Waals surface area (Å²) in [7, 11) is -3.68. The molecule has 6 nitrogen and oxygen atoms in total. The number of rotatable bonds is 7. The first-order valence-corrected chi connectivity index (χ1v) is 10.9. The number of piperidine rings is 1. The number of likely N-dealkylation sites (tertiary alicyclic amines) is 1. The van der Waals surface area contributed by atoms with Gasteiger partial charge in [-0.2, -0.15) is 4.31 Å². The quantitative estimate of drug-likeness (QED) is 0.762. The molecule has 1 aliphatic heterocycles. The van der Waals surface area contributed by atoms with Crippen LogP contribution in [0.5, 0.6) is 0 Å². The number of hydrogen-bond acceptors (Lipinski definition) is 4. The molecule has 0 spiro atoms. The van der Waals surface area contributed by atoms with E-state index in [1.165, 1.54) is 22.9 Å². The van der Waals surface area contributed by atoms with Crippen molar-refractivity contribution in [2.24, 2.45) is 5.92 Å². The van der Waals surface area contributed by atoms with Gasteiger partial charge in [0.05, 0.1) is 11.6 Å². The van der Waals surface area contributed by atoms with Crippen LogP contribution in [0.1, 0.15) is 33.6 Å². The molecule has 0 aliphatic carbocycles. The average molecular weight is 402 g/mol. The Morgan fingerprint density at radius 3 is 2.65 bits per heavy atom. The molecule has 8 heteroatoms. The maximum atomic E-state index is 12.7. The molecule has 1 aliphatic rings. The summed E-state index contributed by atoms with van der Waals surface area (Å²) in [6.45, 7) is 8.60. The summed E-state index contributed by atoms with van der Waals surface area (Å²) in [5, 5.41) is 2.95. The van der Waals surface area contributed by atoms with Crippen LogP contribution < -0.4 is 5.32 Å². The van der Waals surface area contributed by atoms with Gasteiger partial charge < -0.3 is 5.32 Å². The summed E-state index contributed by atoms with van der Waals surface area (Å²) in [4.78, 5) is 14.5. The predicted octanol–water partition coefficient (Wildman–Crippen LogP) is 3.04. The zero-order valence-electron chi connectivity index (χ0n) is 15.7. The Balaban J connectivity index is 2.12. The van der Waals surface area contributed by atoms with Crippen LogP contribution in [0, 0.1) is 5.92 Å². The molecule has 1 saturated heterocycles. The SMILES string of the molecule is CCN(CC)S(=O)(=O)c1cc(NC(=O)CN2CCC[C@H](C)C2)ccc1Cl. The number of carbonyl (C=O) groups is 1. The standard InChI is InChI=1S/C18H28ClN3O3S/c1-4-22(5-2)26(24,25)17-11-15(8-9-16(17)19)20-18(23)13-21-10-6-7-14(3)12-21/h8-9,11,14H,4-7,10,12-13H2,1-3H3,(H,20,23)/t14-/m0/s1. The molecule has 1 aromatic carbocycles. The molecule has 0 saturated carbocycles. The van der Waals surface area contributed by atoms with Crippen LogP contribution in [-0.2, 0) is 14.8 Å². The second-order valence-electron chi connectivity index (χ2n) is 6.77. The number of nitrogens with one attached hydrogen (secondary N) is 1. The van der Waals surface area contributed by atoms with E-state index in [0.717, 1.165) is 19.5 Å². The minimum atomic E-state index is -3.68.